The summed E-state index contributed by atoms with van der Waals surface area (Å²) in [7, 11) is 0. The van der Waals surface area contributed by atoms with Crippen molar-refractivity contribution < 1.29 is 18.7 Å². The van der Waals surface area contributed by atoms with E-state index in [-0.39, 0.29) is 3.53 Å². The molecule has 1 rings (SSSR count). The molecule has 0 bridgehead atoms. The normalized spacial score (nSPS) is 8.47. The number of rotatable bonds is 2. The average Bonchev–Trinajstić information content (AvgIpc) is 2.15. The Kier molecular flexibility index (Phi) is 8.07. The number of ether oxygens (including phenoxy) is 1. The van der Waals surface area contributed by atoms with Crippen molar-refractivity contribution in [1.82, 2.24) is 0 Å². The van der Waals surface area contributed by atoms with Gasteiger partial charge in [-0.2, -0.15) is 4.39 Å². The van der Waals surface area contributed by atoms with Gasteiger partial charge in [0.25, 0.3) is 6.04 Å². The van der Waals surface area contributed by atoms with Crippen LogP contribution in [0.5, 0.6) is 0 Å². The first-order valence-corrected chi connectivity index (χ1v) is 6.05. The molecule has 3 radical (unpaired) electrons. The molecule has 0 fully saturated rings. The van der Waals surface area contributed by atoms with Crippen LogP contribution < -0.4 is 0 Å². The Morgan fingerprint density at radius 3 is 2.20 bits per heavy atom. The second-order valence-corrected chi connectivity index (χ2v) is 4.12. The van der Waals surface area contributed by atoms with Crippen molar-refractivity contribution in [1.29, 1.82) is 0 Å². The van der Waals surface area contributed by atoms with Gasteiger partial charge in [-0.05, 0) is 0 Å². The number of carbonyl (C=O) groups excluding carboxylic acids is 2. The van der Waals surface area contributed by atoms with Gasteiger partial charge in [-0.25, -0.2) is 0 Å². The van der Waals surface area contributed by atoms with Crippen LogP contribution in [0.1, 0.15) is 12.5 Å². The second-order valence-electron chi connectivity index (χ2n) is 2.53. The van der Waals surface area contributed by atoms with Crippen LogP contribution in [0.15, 0.2) is 30.3 Å². The Morgan fingerprint density at radius 2 is 1.80 bits per heavy atom. The van der Waals surface area contributed by atoms with E-state index in [1.54, 1.807) is 0 Å². The molecular weight excluding hydrogens is 394 g/mol. The predicted molar refractivity (Wildman–Crippen MR) is 54.2 cm³/mol. The van der Waals surface area contributed by atoms with E-state index in [0.29, 0.717) is 32.4 Å². The molecule has 0 unspecified atom stereocenters. The van der Waals surface area contributed by atoms with E-state index < -0.39 is 6.04 Å². The number of hydrogen-bond donors (Lipinski definition) is 0. The van der Waals surface area contributed by atoms with Crippen molar-refractivity contribution >= 4 is 35.3 Å². The van der Waals surface area contributed by atoms with Gasteiger partial charge < -0.3 is 0 Å². The number of halogens is 1. The Labute approximate surface area is 103 Å². The molecule has 0 aliphatic rings. The zero-order valence-corrected chi connectivity index (χ0v) is 12.1. The quantitative estimate of drug-likeness (QED) is 0.560. The van der Waals surface area contributed by atoms with E-state index >= 15 is 0 Å². The van der Waals surface area contributed by atoms with Gasteiger partial charge in [-0.3, -0.25) is 4.79 Å². The van der Waals surface area contributed by atoms with Gasteiger partial charge >= 0.3 is 81.3 Å². The van der Waals surface area contributed by atoms with Gasteiger partial charge in [-0.15, -0.1) is 0 Å². The standard InChI is InChI=1S/C8H7O2.C2H3FO.Pb/c9-7-10-6-8-4-2-1-3-5-8;1-2(3)4;/h1-5H,6H2;1H3;. The average molecular weight is 404 g/mol. The summed E-state index contributed by atoms with van der Waals surface area (Å²) < 4.78 is 15.1. The molecule has 0 heterocycles. The third kappa shape index (κ3) is 11.1. The SMILES string of the molecule is CC(=O)F.O=[C]([Pb])OCc1ccccc1. The molecule has 0 spiro atoms. The molecule has 5 heteroatoms. The van der Waals surface area contributed by atoms with Crippen molar-refractivity contribution in [2.75, 3.05) is 0 Å². The Morgan fingerprint density at radius 1 is 1.33 bits per heavy atom. The number of hydrogen-bond acceptors (Lipinski definition) is 3. The van der Waals surface area contributed by atoms with Crippen LogP contribution in [-0.2, 0) is 16.1 Å². The minimum absolute atomic E-state index is 0.103. The van der Waals surface area contributed by atoms with Crippen molar-refractivity contribution in [3.8, 4) is 0 Å². The molecule has 0 atom stereocenters. The van der Waals surface area contributed by atoms with E-state index in [0.717, 1.165) is 12.5 Å². The van der Waals surface area contributed by atoms with Crippen LogP contribution in [0.25, 0.3) is 0 Å². The first kappa shape index (κ1) is 14.2. The molecule has 0 aromatic heterocycles. The molecular formula is C10H10FO3Pb. The fraction of sp³-hybridized carbons (Fsp3) is 0.200. The van der Waals surface area contributed by atoms with Crippen LogP contribution >= 0.6 is 0 Å². The summed E-state index contributed by atoms with van der Waals surface area (Å²) in [6.07, 6.45) is 0. The van der Waals surface area contributed by atoms with Crippen molar-refractivity contribution in [2.45, 2.75) is 13.5 Å². The van der Waals surface area contributed by atoms with Crippen LogP contribution in [0.3, 0.4) is 0 Å². The first-order chi connectivity index (χ1) is 7.02. The Hall–Kier alpha value is -0.788. The topological polar surface area (TPSA) is 43.4 Å². The van der Waals surface area contributed by atoms with Gasteiger partial charge in [0.15, 0.2) is 0 Å². The van der Waals surface area contributed by atoms with Gasteiger partial charge in [0.05, 0.1) is 0 Å². The maximum absolute atomic E-state index is 10.5. The minimum atomic E-state index is -1.33. The molecule has 0 N–H and O–H groups in total. The number of carbonyl (C=O) groups is 2. The summed E-state index contributed by atoms with van der Waals surface area (Å²) in [5.41, 5.74) is 1.04. The molecule has 1 aromatic carbocycles. The first-order valence-electron chi connectivity index (χ1n) is 4.10. The van der Waals surface area contributed by atoms with Crippen molar-refractivity contribution in [2.24, 2.45) is 0 Å². The zero-order chi connectivity index (χ0) is 11.7. The van der Waals surface area contributed by atoms with E-state index in [2.05, 4.69) is 0 Å². The van der Waals surface area contributed by atoms with Crippen LogP contribution in [0.4, 0.5) is 9.18 Å². The molecule has 15 heavy (non-hydrogen) atoms. The molecule has 0 aliphatic carbocycles. The summed E-state index contributed by atoms with van der Waals surface area (Å²) in [4.78, 5) is 19.2. The fourth-order valence-corrected chi connectivity index (χ4v) is 1.00. The van der Waals surface area contributed by atoms with Crippen molar-refractivity contribution in [3.63, 3.8) is 0 Å². The summed E-state index contributed by atoms with van der Waals surface area (Å²) >= 11 is 0.469. The molecule has 3 nitrogen and oxygen atoms in total. The molecule has 79 valence electrons. The van der Waals surface area contributed by atoms with Crippen molar-refractivity contribution in [3.05, 3.63) is 35.9 Å². The number of benzene rings is 1. The van der Waals surface area contributed by atoms with Gasteiger partial charge in [-0.1, -0.05) is 0 Å². The third-order valence-electron chi connectivity index (χ3n) is 1.21. The van der Waals surface area contributed by atoms with Gasteiger partial charge in [0, 0.05) is 6.92 Å². The Bertz CT molecular complexity index is 310. The molecule has 0 aliphatic heterocycles. The van der Waals surface area contributed by atoms with Crippen LogP contribution in [0.2, 0.25) is 0 Å². The summed E-state index contributed by atoms with van der Waals surface area (Å²) in [5, 5.41) is 0. The predicted octanol–water partition coefficient (Wildman–Crippen LogP) is 1.99. The van der Waals surface area contributed by atoms with Crippen LogP contribution in [-0.4, -0.2) is 35.3 Å². The molecule has 0 amide bonds. The van der Waals surface area contributed by atoms with Crippen LogP contribution in [0, 0.1) is 0 Å². The summed E-state index contributed by atoms with van der Waals surface area (Å²) in [5.74, 6) is 0. The summed E-state index contributed by atoms with van der Waals surface area (Å²) in [6.45, 7) is 1.27. The van der Waals surface area contributed by atoms with Gasteiger partial charge in [0.1, 0.15) is 0 Å². The molecule has 1 aromatic rings. The maximum atomic E-state index is 10.5. The monoisotopic (exact) mass is 405 g/mol. The summed E-state index contributed by atoms with van der Waals surface area (Å²) in [6, 6.07) is 8.33. The Balaban J connectivity index is 0.000000423. The van der Waals surface area contributed by atoms with E-state index in [1.165, 1.54) is 0 Å². The van der Waals surface area contributed by atoms with E-state index in [1.807, 2.05) is 30.3 Å². The van der Waals surface area contributed by atoms with E-state index in [4.69, 9.17) is 9.53 Å². The fourth-order valence-electron chi connectivity index (χ4n) is 0.723. The molecule has 0 saturated carbocycles. The molecule has 0 saturated heterocycles. The van der Waals surface area contributed by atoms with E-state index in [9.17, 15) is 9.18 Å². The zero-order valence-electron chi connectivity index (χ0n) is 8.20. The third-order valence-corrected chi connectivity index (χ3v) is 1.77. The van der Waals surface area contributed by atoms with Gasteiger partial charge in [0.2, 0.25) is 0 Å². The second kappa shape index (κ2) is 8.51.